The fourth-order valence-corrected chi connectivity index (χ4v) is 4.98. The quantitative estimate of drug-likeness (QED) is 0.0637. The number of rotatable bonds is 17. The zero-order chi connectivity index (χ0) is 34.5. The highest BCUT2D eigenvalue weighted by atomic mass is 79.9. The zero-order valence-electron chi connectivity index (χ0n) is 26.5. The Labute approximate surface area is 287 Å². The predicted molar refractivity (Wildman–Crippen MR) is 185 cm³/mol. The summed E-state index contributed by atoms with van der Waals surface area (Å²) in [6.07, 6.45) is -0.163. The zero-order valence-corrected chi connectivity index (χ0v) is 28.1. The highest BCUT2D eigenvalue weighted by molar-refractivity contribution is 9.10. The molecule has 0 bridgehead atoms. The Kier molecular flexibility index (Phi) is 13.4. The first-order chi connectivity index (χ1) is 23.1. The maximum Gasteiger partial charge on any atom is 0.310 e. The first-order valence-electron chi connectivity index (χ1n) is 15.3. The lowest BCUT2D eigenvalue weighted by Gasteiger charge is -2.11. The summed E-state index contributed by atoms with van der Waals surface area (Å²) < 4.78 is 22.2. The molecule has 0 aliphatic rings. The standard InChI is InChI=1S/C37H37BrN2O8/c1-24-8-10-25(11-9-24)36(43)30-6-2-4-27(34(30)39)22-32(41)47-20-18-45-16-17-46-19-21-48-33(42)23-28-5-3-7-31(35(28)40)37(44)26-12-14-29(38)15-13-26/h2-15H,16-23,39-40H2,1H3. The SMILES string of the molecule is Cc1ccc(C(=O)c2cccc(CC(=O)OCCOCCOCCOC(=O)Cc3cccc(C(=O)c4ccc(Br)cc4)c3N)c2N)cc1. The third-order valence-corrected chi connectivity index (χ3v) is 7.85. The van der Waals surface area contributed by atoms with Gasteiger partial charge in [-0.05, 0) is 54.4 Å². The van der Waals surface area contributed by atoms with Gasteiger partial charge in [0.2, 0.25) is 0 Å². The van der Waals surface area contributed by atoms with Gasteiger partial charge in [-0.25, -0.2) is 0 Å². The van der Waals surface area contributed by atoms with Crippen molar-refractivity contribution in [3.05, 3.63) is 128 Å². The van der Waals surface area contributed by atoms with Crippen LogP contribution in [0.15, 0.2) is 89.4 Å². The van der Waals surface area contributed by atoms with Crippen LogP contribution in [0.5, 0.6) is 0 Å². The Balaban J connectivity index is 1.08. The predicted octanol–water partition coefficient (Wildman–Crippen LogP) is 5.29. The summed E-state index contributed by atoms with van der Waals surface area (Å²) >= 11 is 3.35. The van der Waals surface area contributed by atoms with E-state index in [9.17, 15) is 19.2 Å². The van der Waals surface area contributed by atoms with Gasteiger partial charge in [-0.2, -0.15) is 0 Å². The van der Waals surface area contributed by atoms with Gasteiger partial charge in [-0.15, -0.1) is 0 Å². The van der Waals surface area contributed by atoms with Gasteiger partial charge in [0.1, 0.15) is 13.2 Å². The van der Waals surface area contributed by atoms with E-state index in [4.69, 9.17) is 30.4 Å². The molecule has 4 aromatic carbocycles. The van der Waals surface area contributed by atoms with E-state index in [1.807, 2.05) is 19.1 Å². The number of para-hydroxylation sites is 2. The number of anilines is 2. The van der Waals surface area contributed by atoms with Crippen molar-refractivity contribution in [2.75, 3.05) is 51.1 Å². The van der Waals surface area contributed by atoms with E-state index < -0.39 is 11.9 Å². The van der Waals surface area contributed by atoms with E-state index in [0.717, 1.165) is 10.0 Å². The molecule has 0 radical (unpaired) electrons. The third-order valence-electron chi connectivity index (χ3n) is 7.33. The van der Waals surface area contributed by atoms with E-state index in [2.05, 4.69) is 15.9 Å². The van der Waals surface area contributed by atoms with Crippen LogP contribution in [0.2, 0.25) is 0 Å². The first kappa shape index (κ1) is 36.0. The van der Waals surface area contributed by atoms with Crippen molar-refractivity contribution in [3.63, 3.8) is 0 Å². The summed E-state index contributed by atoms with van der Waals surface area (Å²) in [6.45, 7) is 2.83. The van der Waals surface area contributed by atoms with Crippen molar-refractivity contribution in [1.29, 1.82) is 0 Å². The minimum atomic E-state index is -0.497. The number of ketones is 2. The summed E-state index contributed by atoms with van der Waals surface area (Å²) in [5, 5.41) is 0. The molecule has 4 rings (SSSR count). The molecule has 0 fully saturated rings. The van der Waals surface area contributed by atoms with E-state index >= 15 is 0 Å². The number of carbonyl (C=O) groups is 4. The van der Waals surface area contributed by atoms with Gasteiger partial charge in [0, 0.05) is 38.1 Å². The molecule has 0 aromatic heterocycles. The first-order valence-corrected chi connectivity index (χ1v) is 16.1. The monoisotopic (exact) mass is 716 g/mol. The molecule has 4 aromatic rings. The van der Waals surface area contributed by atoms with E-state index in [-0.39, 0.29) is 75.4 Å². The van der Waals surface area contributed by atoms with Crippen LogP contribution in [0.25, 0.3) is 0 Å². The fourth-order valence-electron chi connectivity index (χ4n) is 4.71. The molecule has 0 heterocycles. The summed E-state index contributed by atoms with van der Waals surface area (Å²) in [5.74, 6) is -1.44. The lowest BCUT2D eigenvalue weighted by atomic mass is 9.97. The van der Waals surface area contributed by atoms with Gasteiger partial charge in [0.15, 0.2) is 11.6 Å². The molecule has 0 saturated heterocycles. The van der Waals surface area contributed by atoms with Crippen LogP contribution in [-0.4, -0.2) is 63.1 Å². The second-order valence-electron chi connectivity index (χ2n) is 10.8. The molecule has 11 heteroatoms. The highest BCUT2D eigenvalue weighted by Gasteiger charge is 2.18. The van der Waals surface area contributed by atoms with Crippen LogP contribution >= 0.6 is 15.9 Å². The number of ether oxygens (including phenoxy) is 4. The molecule has 48 heavy (non-hydrogen) atoms. The lowest BCUT2D eigenvalue weighted by molar-refractivity contribution is -0.146. The molecule has 0 aliphatic heterocycles. The molecule has 0 aliphatic carbocycles. The minimum absolute atomic E-state index is 0.0365. The van der Waals surface area contributed by atoms with E-state index in [0.29, 0.717) is 33.4 Å². The van der Waals surface area contributed by atoms with E-state index in [1.54, 1.807) is 72.8 Å². The molecule has 0 unspecified atom stereocenters. The van der Waals surface area contributed by atoms with Crippen molar-refractivity contribution < 1.29 is 38.1 Å². The number of nitrogens with two attached hydrogens (primary N) is 2. The topological polar surface area (TPSA) is 157 Å². The molecule has 10 nitrogen and oxygen atoms in total. The van der Waals surface area contributed by atoms with Gasteiger partial charge >= 0.3 is 11.9 Å². The maximum atomic E-state index is 12.9. The minimum Gasteiger partial charge on any atom is -0.463 e. The van der Waals surface area contributed by atoms with Gasteiger partial charge < -0.3 is 30.4 Å². The largest absolute Gasteiger partial charge is 0.463 e. The van der Waals surface area contributed by atoms with Crippen LogP contribution in [0.1, 0.15) is 48.5 Å². The maximum absolute atomic E-state index is 12.9. The normalized spacial score (nSPS) is 10.8. The lowest BCUT2D eigenvalue weighted by Crippen LogP contribution is -2.17. The molecule has 0 spiro atoms. The van der Waals surface area contributed by atoms with E-state index in [1.165, 1.54) is 0 Å². The average Bonchev–Trinajstić information content (AvgIpc) is 3.07. The van der Waals surface area contributed by atoms with Crippen molar-refractivity contribution >= 4 is 50.8 Å². The highest BCUT2D eigenvalue weighted by Crippen LogP contribution is 2.24. The molecule has 4 N–H and O–H groups in total. The van der Waals surface area contributed by atoms with Crippen molar-refractivity contribution in [2.45, 2.75) is 19.8 Å². The molecular formula is C37H37BrN2O8. The second kappa shape index (κ2) is 17.9. The Morgan fingerprint density at radius 1 is 0.562 bits per heavy atom. The summed E-state index contributed by atoms with van der Waals surface area (Å²) in [7, 11) is 0. The smallest absolute Gasteiger partial charge is 0.310 e. The Morgan fingerprint density at radius 3 is 1.40 bits per heavy atom. The summed E-state index contributed by atoms with van der Waals surface area (Å²) in [5.41, 5.74) is 16.7. The summed E-state index contributed by atoms with van der Waals surface area (Å²) in [6, 6.07) is 24.2. The summed E-state index contributed by atoms with van der Waals surface area (Å²) in [4.78, 5) is 50.5. The van der Waals surface area contributed by atoms with Crippen molar-refractivity contribution in [3.8, 4) is 0 Å². The second-order valence-corrected chi connectivity index (χ2v) is 11.7. The molecule has 0 amide bonds. The fraction of sp³-hybridized carbons (Fsp3) is 0.243. The van der Waals surface area contributed by atoms with Gasteiger partial charge in [0.05, 0.1) is 39.3 Å². The Morgan fingerprint density at radius 2 is 0.958 bits per heavy atom. The Bertz CT molecular complexity index is 1610. The van der Waals surface area contributed by atoms with Crippen LogP contribution in [0.3, 0.4) is 0 Å². The van der Waals surface area contributed by atoms with Crippen LogP contribution in [-0.2, 0) is 41.4 Å². The van der Waals surface area contributed by atoms with Gasteiger partial charge in [-0.1, -0.05) is 70.0 Å². The number of hydrogen-bond acceptors (Lipinski definition) is 10. The van der Waals surface area contributed by atoms with Crippen LogP contribution < -0.4 is 11.5 Å². The Hall–Kier alpha value is -4.84. The van der Waals surface area contributed by atoms with Crippen LogP contribution in [0, 0.1) is 6.92 Å². The third kappa shape index (κ3) is 10.3. The molecular weight excluding hydrogens is 680 g/mol. The number of benzene rings is 4. The number of carbonyl (C=O) groups excluding carboxylic acids is 4. The van der Waals surface area contributed by atoms with Crippen molar-refractivity contribution in [2.24, 2.45) is 0 Å². The van der Waals surface area contributed by atoms with Gasteiger partial charge in [0.25, 0.3) is 0 Å². The molecule has 0 atom stereocenters. The van der Waals surface area contributed by atoms with Gasteiger partial charge in [-0.3, -0.25) is 19.2 Å². The molecule has 250 valence electrons. The number of nitrogen functional groups attached to an aromatic ring is 2. The number of halogens is 1. The number of aryl methyl sites for hydroxylation is 1. The van der Waals surface area contributed by atoms with Crippen molar-refractivity contribution in [1.82, 2.24) is 0 Å². The van der Waals surface area contributed by atoms with Crippen LogP contribution in [0.4, 0.5) is 11.4 Å². The molecule has 0 saturated carbocycles. The average molecular weight is 718 g/mol. The number of hydrogen-bond donors (Lipinski definition) is 2. The number of esters is 2.